The number of imidazole rings is 1. The number of carbonyl (C=O) groups excluding carboxylic acids is 2. The number of allylic oxidation sites excluding steroid dienone is 5. The number of nitrogens with one attached hydrogen (secondary N) is 2. The summed E-state index contributed by atoms with van der Waals surface area (Å²) in [6.45, 7) is 0. The van der Waals surface area contributed by atoms with Gasteiger partial charge in [-0.1, -0.05) is 6.08 Å². The van der Waals surface area contributed by atoms with Crippen LogP contribution in [0.4, 0.5) is 0 Å². The van der Waals surface area contributed by atoms with Crippen LogP contribution in [0.25, 0.3) is 0 Å². The first-order valence-electron chi connectivity index (χ1n) is 9.87. The summed E-state index contributed by atoms with van der Waals surface area (Å²) < 4.78 is 69.4. The molecule has 2 aliphatic carbocycles. The van der Waals surface area contributed by atoms with Crippen LogP contribution in [-0.4, -0.2) is 75.8 Å². The monoisotopic (exact) mass is 600 g/mol. The average Bonchev–Trinajstić information content (AvgIpc) is 3.50. The summed E-state index contributed by atoms with van der Waals surface area (Å²) in [5.74, 6) is -1.44. The third-order valence-electron chi connectivity index (χ3n) is 5.28. The molecule has 0 unspecified atom stereocenters. The van der Waals surface area contributed by atoms with E-state index in [0.717, 1.165) is 4.58 Å². The number of aliphatic imine (C=N–C) groups is 1. The fraction of sp³-hybridized carbons (Fsp3) is 0.150. The molecule has 2 aliphatic rings. The van der Waals surface area contributed by atoms with Crippen molar-refractivity contribution in [3.05, 3.63) is 75.4 Å². The van der Waals surface area contributed by atoms with Gasteiger partial charge in [0, 0.05) is 42.7 Å². The first-order valence-corrected chi connectivity index (χ1v) is 12.8. The Hall–Kier alpha value is -0.517. The van der Waals surface area contributed by atoms with Crippen molar-refractivity contribution in [3.8, 4) is 0 Å². The van der Waals surface area contributed by atoms with E-state index in [1.54, 1.807) is 6.07 Å². The van der Waals surface area contributed by atoms with Crippen LogP contribution in [0.1, 0.15) is 36.8 Å². The van der Waals surface area contributed by atoms with Gasteiger partial charge in [-0.3, -0.25) is 13.9 Å². The van der Waals surface area contributed by atoms with Crippen LogP contribution in [0.2, 0.25) is 0 Å². The molecule has 0 bridgehead atoms. The third kappa shape index (κ3) is 7.17. The Labute approximate surface area is 299 Å². The molecule has 0 aromatic carbocycles. The molecule has 2 aromatic rings. The molecule has 0 atom stereocenters. The van der Waals surface area contributed by atoms with Crippen LogP contribution in [0, 0.1) is 0 Å². The minimum Gasteiger partial charge on any atom is -1.00 e. The fourth-order valence-corrected chi connectivity index (χ4v) is 5.36. The molecular formula is C20H20K2N5O8S2+. The summed E-state index contributed by atoms with van der Waals surface area (Å²) in [7, 11) is -8.80. The number of fused-ring (bicyclic) bond motifs is 1. The maximum absolute atomic E-state index is 13.0. The van der Waals surface area contributed by atoms with Crippen LogP contribution in [-0.2, 0) is 20.2 Å². The second kappa shape index (κ2) is 12.8. The number of nitrogens with zero attached hydrogens (tertiary/aromatic N) is 3. The normalized spacial score (nSPS) is 18.2. The quantitative estimate of drug-likeness (QED) is 0.151. The predicted octanol–water partition coefficient (Wildman–Crippen LogP) is -4.88. The summed E-state index contributed by atoms with van der Waals surface area (Å²) in [5.41, 5.74) is -0.125. The number of H-pyrrole nitrogens is 2. The first kappa shape index (κ1) is 32.7. The third-order valence-corrected chi connectivity index (χ3v) is 7.07. The van der Waals surface area contributed by atoms with E-state index in [1.165, 1.54) is 37.8 Å². The van der Waals surface area contributed by atoms with E-state index in [9.17, 15) is 35.5 Å². The fourth-order valence-electron chi connectivity index (χ4n) is 3.76. The van der Waals surface area contributed by atoms with Crippen molar-refractivity contribution in [1.82, 2.24) is 15.0 Å². The minimum atomic E-state index is -5.06. The molecule has 0 radical (unpaired) electrons. The summed E-state index contributed by atoms with van der Waals surface area (Å²) in [5, 5.41) is 0. The van der Waals surface area contributed by atoms with Crippen LogP contribution in [0.5, 0.6) is 0 Å². The number of hydrogen-bond donors (Lipinski definition) is 4. The topological polar surface area (TPSA) is 203 Å². The van der Waals surface area contributed by atoms with Gasteiger partial charge >= 0.3 is 125 Å². The minimum absolute atomic E-state index is 0. The van der Waals surface area contributed by atoms with Crippen LogP contribution in [0.15, 0.2) is 68.8 Å². The zero-order valence-corrected chi connectivity index (χ0v) is 27.8. The number of rotatable bonds is 4. The van der Waals surface area contributed by atoms with Crippen molar-refractivity contribution in [2.75, 3.05) is 7.05 Å². The standard InChI is InChI=1S/C20H17N5O8S2.2K.2H/c1-25(20(27)14-3-2-6-21-14)17-12-5-4-11(24-19(26)18-22-7-8-23-18)9-13(12)15(34(28,29)30)10-16(17)35(31,32)33;;;;/h2-3,5-8,10H,4,9H2,1H3,(H3-,21,22,23,26,27,28,29,30,31,32,33);;;;/q;2*+1;2*-1/p+1. The first-order chi connectivity index (χ1) is 16.4. The van der Waals surface area contributed by atoms with E-state index in [0.29, 0.717) is 6.08 Å². The number of aromatic amines is 2. The molecule has 2 heterocycles. The summed E-state index contributed by atoms with van der Waals surface area (Å²) in [6.07, 6.45) is 5.91. The Balaban J connectivity index is 0.00000361. The number of carbonyl (C=O) groups is 2. The Morgan fingerprint density at radius 1 is 1.11 bits per heavy atom. The predicted molar refractivity (Wildman–Crippen MR) is 124 cm³/mol. The Kier molecular flexibility index (Phi) is 11.3. The average molecular weight is 601 g/mol. The van der Waals surface area contributed by atoms with Gasteiger partial charge in [0.15, 0.2) is 16.4 Å². The van der Waals surface area contributed by atoms with Gasteiger partial charge in [-0.2, -0.15) is 21.4 Å². The van der Waals surface area contributed by atoms with Crippen molar-refractivity contribution in [2.24, 2.45) is 4.99 Å². The Morgan fingerprint density at radius 2 is 1.81 bits per heavy atom. The zero-order valence-electron chi connectivity index (χ0n) is 22.0. The Bertz CT molecular complexity index is 1630. The second-order valence-electron chi connectivity index (χ2n) is 7.52. The summed E-state index contributed by atoms with van der Waals surface area (Å²) >= 11 is 0. The van der Waals surface area contributed by atoms with Crippen molar-refractivity contribution >= 4 is 43.5 Å². The van der Waals surface area contributed by atoms with E-state index >= 15 is 0 Å². The van der Waals surface area contributed by atoms with Gasteiger partial charge in [0.1, 0.15) is 7.05 Å². The van der Waals surface area contributed by atoms with Gasteiger partial charge in [0.05, 0.1) is 4.91 Å². The van der Waals surface area contributed by atoms with Gasteiger partial charge in [-0.15, -0.1) is 0 Å². The molecule has 37 heavy (non-hydrogen) atoms. The molecule has 4 N–H and O–H groups in total. The molecule has 0 fully saturated rings. The molecule has 0 spiro atoms. The maximum atomic E-state index is 13.0. The number of amides is 2. The summed E-state index contributed by atoms with van der Waals surface area (Å²) in [6, 6.07) is 2.99. The van der Waals surface area contributed by atoms with E-state index < -0.39 is 41.9 Å². The number of aromatic nitrogens is 3. The SMILES string of the molecule is C[N+](C(=O)c1ccc[nH]1)=C1C2=CCC(=NC(=O)c3ncc[nH]3)CC2=C(S(=O)(=O)O)C=C1S(=O)(=O)O.[H-].[H-].[K+].[K+]. The van der Waals surface area contributed by atoms with Gasteiger partial charge in [-0.05, 0) is 23.8 Å². The molecule has 4 rings (SSSR count). The van der Waals surface area contributed by atoms with E-state index in [2.05, 4.69) is 19.9 Å². The van der Waals surface area contributed by atoms with Gasteiger partial charge in [0.25, 0.3) is 10.1 Å². The van der Waals surface area contributed by atoms with Crippen molar-refractivity contribution < 1.29 is 146 Å². The molecule has 2 aromatic heterocycles. The summed E-state index contributed by atoms with van der Waals surface area (Å²) in [4.78, 5) is 36.6. The molecular weight excluding hydrogens is 581 g/mol. The molecule has 0 saturated carbocycles. The Morgan fingerprint density at radius 3 is 2.35 bits per heavy atom. The molecule has 186 valence electrons. The molecule has 0 saturated heterocycles. The van der Waals surface area contributed by atoms with Crippen molar-refractivity contribution in [1.29, 1.82) is 0 Å². The van der Waals surface area contributed by atoms with Gasteiger partial charge in [-0.25, -0.2) is 14.8 Å². The van der Waals surface area contributed by atoms with Crippen LogP contribution in [0.3, 0.4) is 0 Å². The molecule has 17 heteroatoms. The zero-order chi connectivity index (χ0) is 25.5. The molecule has 2 amide bonds. The molecule has 0 aliphatic heterocycles. The maximum Gasteiger partial charge on any atom is 1.00 e. The van der Waals surface area contributed by atoms with Crippen LogP contribution < -0.4 is 103 Å². The van der Waals surface area contributed by atoms with Crippen LogP contribution >= 0.6 is 0 Å². The van der Waals surface area contributed by atoms with E-state index in [-0.39, 0.29) is 153 Å². The largest absolute Gasteiger partial charge is 1.00 e. The van der Waals surface area contributed by atoms with E-state index in [1.807, 2.05) is 0 Å². The van der Waals surface area contributed by atoms with Crippen molar-refractivity contribution in [2.45, 2.75) is 12.8 Å². The number of hydrogen-bond acceptors (Lipinski definition) is 7. The van der Waals surface area contributed by atoms with Gasteiger partial charge in [0.2, 0.25) is 5.71 Å². The van der Waals surface area contributed by atoms with Crippen molar-refractivity contribution in [3.63, 3.8) is 0 Å². The van der Waals surface area contributed by atoms with E-state index in [4.69, 9.17) is 0 Å². The second-order valence-corrected chi connectivity index (χ2v) is 10.3. The smallest absolute Gasteiger partial charge is 1.00 e. The van der Waals surface area contributed by atoms with Gasteiger partial charge < -0.3 is 12.8 Å². The molecule has 13 nitrogen and oxygen atoms in total.